The maximum absolute atomic E-state index is 12.8. The second kappa shape index (κ2) is 11.8. The molecule has 34 heavy (non-hydrogen) atoms. The van der Waals surface area contributed by atoms with E-state index < -0.39 is 24.3 Å². The first-order valence-electron chi connectivity index (χ1n) is 10.5. The Kier molecular flexibility index (Phi) is 9.44. The predicted molar refractivity (Wildman–Crippen MR) is 114 cm³/mol. The predicted octanol–water partition coefficient (Wildman–Crippen LogP) is 3.25. The van der Waals surface area contributed by atoms with Crippen LogP contribution in [0.5, 0.6) is 0 Å². The standard InChI is InChI=1S/C11H12F3N5O2.C5H9NO2.C4H8O/c1-19-7(10(20)16-8-3-4-15-17-8)5-6(18-19)9(21-2)11(12,13)14;1-5(2-3-5)6-4(7)8;1-2-4-5-3-1/h3-5,9H,1-2H3,(H2,15,16,17,20);6H,2-3H2,1H3,(H,7,8);1-4H2. The van der Waals surface area contributed by atoms with Gasteiger partial charge in [0, 0.05) is 39.0 Å². The van der Waals surface area contributed by atoms with Crippen LogP contribution in [-0.4, -0.2) is 69.1 Å². The molecule has 4 rings (SSSR count). The number of nitrogens with one attached hydrogen (secondary N) is 3. The normalized spacial score (nSPS) is 16.9. The molecule has 4 N–H and O–H groups in total. The number of methoxy groups -OCH3 is 1. The minimum atomic E-state index is -4.61. The van der Waals surface area contributed by atoms with E-state index in [0.29, 0.717) is 5.82 Å². The lowest BCUT2D eigenvalue weighted by atomic mass is 10.2. The molecule has 1 aliphatic heterocycles. The molecule has 14 heteroatoms. The zero-order valence-electron chi connectivity index (χ0n) is 19.1. The number of nitrogens with zero attached hydrogens (tertiary/aromatic N) is 3. The molecule has 2 aromatic rings. The highest BCUT2D eigenvalue weighted by molar-refractivity contribution is 6.02. The first-order chi connectivity index (χ1) is 15.9. The van der Waals surface area contributed by atoms with Gasteiger partial charge in [0.1, 0.15) is 17.2 Å². The van der Waals surface area contributed by atoms with Gasteiger partial charge in [0.2, 0.25) is 0 Å². The minimum absolute atomic E-state index is 0.0362. The summed E-state index contributed by atoms with van der Waals surface area (Å²) in [6.45, 7) is 3.90. The Balaban J connectivity index is 0.000000253. The fourth-order valence-electron chi connectivity index (χ4n) is 2.84. The van der Waals surface area contributed by atoms with Gasteiger partial charge < -0.3 is 25.2 Å². The van der Waals surface area contributed by atoms with Crippen LogP contribution in [0.1, 0.15) is 54.9 Å². The fourth-order valence-corrected chi connectivity index (χ4v) is 2.84. The molecule has 0 bridgehead atoms. The van der Waals surface area contributed by atoms with Crippen molar-refractivity contribution in [2.24, 2.45) is 7.05 Å². The number of ether oxygens (including phenoxy) is 2. The van der Waals surface area contributed by atoms with Crippen molar-refractivity contribution in [2.75, 3.05) is 25.6 Å². The fraction of sp³-hybridized carbons (Fsp3) is 0.600. The van der Waals surface area contributed by atoms with E-state index in [1.54, 1.807) is 0 Å². The van der Waals surface area contributed by atoms with Crippen LogP contribution in [0, 0.1) is 0 Å². The molecular weight excluding hydrogens is 461 g/mol. The number of carboxylic acid groups (broad SMARTS) is 1. The number of hydrogen-bond acceptors (Lipinski definition) is 6. The van der Waals surface area contributed by atoms with Crippen LogP contribution in [0.25, 0.3) is 0 Å². The molecule has 2 aromatic heterocycles. The third-order valence-corrected chi connectivity index (χ3v) is 4.92. The Hall–Kier alpha value is -3.13. The highest BCUT2D eigenvalue weighted by atomic mass is 19.4. The van der Waals surface area contributed by atoms with Crippen molar-refractivity contribution in [3.8, 4) is 0 Å². The summed E-state index contributed by atoms with van der Waals surface area (Å²) in [7, 11) is 2.30. The van der Waals surface area contributed by atoms with E-state index in [9.17, 15) is 22.8 Å². The number of anilines is 1. The molecule has 2 aliphatic rings. The van der Waals surface area contributed by atoms with E-state index in [1.165, 1.54) is 32.2 Å². The SMILES string of the molecule is C1CCOC1.CC1(NC(=O)O)CC1.COC(c1cc(C(=O)Nc2ccn[nH]2)n(C)n1)C(F)(F)F. The number of amides is 2. The summed E-state index contributed by atoms with van der Waals surface area (Å²) in [6, 6.07) is 2.54. The molecule has 0 radical (unpaired) electrons. The van der Waals surface area contributed by atoms with Crippen LogP contribution in [0.4, 0.5) is 23.8 Å². The Morgan fingerprint density at radius 3 is 2.35 bits per heavy atom. The van der Waals surface area contributed by atoms with Gasteiger partial charge in [-0.1, -0.05) is 0 Å². The van der Waals surface area contributed by atoms with Crippen LogP contribution in [0.3, 0.4) is 0 Å². The third-order valence-electron chi connectivity index (χ3n) is 4.92. The van der Waals surface area contributed by atoms with Crippen molar-refractivity contribution in [3.05, 3.63) is 29.7 Å². The van der Waals surface area contributed by atoms with Crippen molar-refractivity contribution in [1.82, 2.24) is 25.3 Å². The molecule has 0 spiro atoms. The molecule has 1 unspecified atom stereocenters. The summed E-state index contributed by atoms with van der Waals surface area (Å²) in [5.41, 5.74) is -0.501. The molecular formula is C20H29F3N6O5. The molecule has 1 aliphatic carbocycles. The molecule has 1 atom stereocenters. The van der Waals surface area contributed by atoms with Gasteiger partial charge in [-0.3, -0.25) is 14.6 Å². The molecule has 0 aromatic carbocycles. The summed E-state index contributed by atoms with van der Waals surface area (Å²) in [5.74, 6) is -0.292. The van der Waals surface area contributed by atoms with Gasteiger partial charge in [-0.05, 0) is 38.7 Å². The van der Waals surface area contributed by atoms with E-state index >= 15 is 0 Å². The second-order valence-electron chi connectivity index (χ2n) is 7.97. The monoisotopic (exact) mass is 490 g/mol. The van der Waals surface area contributed by atoms with Gasteiger partial charge in [-0.15, -0.1) is 0 Å². The van der Waals surface area contributed by atoms with E-state index in [1.807, 2.05) is 6.92 Å². The summed E-state index contributed by atoms with van der Waals surface area (Å²) in [6.07, 6.45) is -1.75. The van der Waals surface area contributed by atoms with Crippen LogP contribution >= 0.6 is 0 Å². The summed E-state index contributed by atoms with van der Waals surface area (Å²) in [4.78, 5) is 21.9. The lowest BCUT2D eigenvalue weighted by Gasteiger charge is -2.15. The summed E-state index contributed by atoms with van der Waals surface area (Å²) >= 11 is 0. The number of aryl methyl sites for hydroxylation is 1. The highest BCUT2D eigenvalue weighted by Gasteiger charge is 2.43. The van der Waals surface area contributed by atoms with E-state index in [0.717, 1.165) is 43.9 Å². The van der Waals surface area contributed by atoms with Crippen LogP contribution in [-0.2, 0) is 16.5 Å². The van der Waals surface area contributed by atoms with Gasteiger partial charge in [0.15, 0.2) is 6.10 Å². The van der Waals surface area contributed by atoms with Crippen LogP contribution in [0.2, 0.25) is 0 Å². The van der Waals surface area contributed by atoms with Gasteiger partial charge in [0.05, 0.1) is 6.20 Å². The van der Waals surface area contributed by atoms with Crippen molar-refractivity contribution in [1.29, 1.82) is 0 Å². The maximum atomic E-state index is 12.8. The Labute approximate surface area is 194 Å². The van der Waals surface area contributed by atoms with Gasteiger partial charge in [0.25, 0.3) is 5.91 Å². The number of hydrogen-bond donors (Lipinski definition) is 4. The van der Waals surface area contributed by atoms with E-state index in [-0.39, 0.29) is 16.9 Å². The Morgan fingerprint density at radius 1 is 1.32 bits per heavy atom. The molecule has 11 nitrogen and oxygen atoms in total. The quantitative estimate of drug-likeness (QED) is 0.504. The van der Waals surface area contributed by atoms with Crippen molar-refractivity contribution < 1.29 is 37.3 Å². The molecule has 2 amide bonds. The number of rotatable bonds is 5. The number of H-pyrrole nitrogens is 1. The summed E-state index contributed by atoms with van der Waals surface area (Å²) in [5, 5.41) is 22.9. The van der Waals surface area contributed by atoms with Crippen molar-refractivity contribution >= 4 is 17.8 Å². The average Bonchev–Trinajstić information content (AvgIpc) is 3.25. The number of carbonyl (C=O) groups is 2. The Morgan fingerprint density at radius 2 is 1.97 bits per heavy atom. The lowest BCUT2D eigenvalue weighted by molar-refractivity contribution is -0.217. The van der Waals surface area contributed by atoms with E-state index in [4.69, 9.17) is 9.84 Å². The number of carbonyl (C=O) groups excluding carboxylic acids is 1. The third kappa shape index (κ3) is 8.67. The van der Waals surface area contributed by atoms with Crippen LogP contribution < -0.4 is 10.6 Å². The zero-order chi connectivity index (χ0) is 25.4. The zero-order valence-corrected chi connectivity index (χ0v) is 19.1. The van der Waals surface area contributed by atoms with Gasteiger partial charge in [-0.25, -0.2) is 4.79 Å². The van der Waals surface area contributed by atoms with Crippen LogP contribution in [0.15, 0.2) is 18.3 Å². The first kappa shape index (κ1) is 27.1. The van der Waals surface area contributed by atoms with E-state index in [2.05, 4.69) is 30.7 Å². The number of aromatic nitrogens is 4. The topological polar surface area (TPSA) is 143 Å². The molecule has 190 valence electrons. The number of halogens is 3. The minimum Gasteiger partial charge on any atom is -0.465 e. The number of alkyl halides is 3. The smallest absolute Gasteiger partial charge is 0.420 e. The highest BCUT2D eigenvalue weighted by Crippen LogP contribution is 2.35. The molecule has 3 heterocycles. The molecule has 2 fully saturated rings. The maximum Gasteiger partial charge on any atom is 0.420 e. The molecule has 1 saturated carbocycles. The number of aromatic amines is 1. The van der Waals surface area contributed by atoms with Crippen molar-refractivity contribution in [3.63, 3.8) is 0 Å². The summed E-state index contributed by atoms with van der Waals surface area (Å²) < 4.78 is 48.7. The second-order valence-corrected chi connectivity index (χ2v) is 7.97. The molecule has 1 saturated heterocycles. The average molecular weight is 490 g/mol. The Bertz CT molecular complexity index is 916. The van der Waals surface area contributed by atoms with Gasteiger partial charge in [-0.2, -0.15) is 23.4 Å². The van der Waals surface area contributed by atoms with Gasteiger partial charge >= 0.3 is 12.3 Å². The van der Waals surface area contributed by atoms with Crippen molar-refractivity contribution in [2.45, 2.75) is 50.4 Å². The lowest BCUT2D eigenvalue weighted by Crippen LogP contribution is -2.32. The largest absolute Gasteiger partial charge is 0.465 e. The first-order valence-corrected chi connectivity index (χ1v) is 10.5.